The standard InChI is InChI=1S/C13H18F2N2O3S/c1-20-11-6-9(7-16-10-3-4-10)2-5-12(11)21(18,19)17-8-13(14)15/h2,5-6,10,13,16-17H,3-4,7-8H2,1H3. The van der Waals surface area contributed by atoms with E-state index < -0.39 is 23.0 Å². The topological polar surface area (TPSA) is 67.4 Å². The van der Waals surface area contributed by atoms with E-state index in [-0.39, 0.29) is 10.6 Å². The van der Waals surface area contributed by atoms with Crippen molar-refractivity contribution in [2.24, 2.45) is 0 Å². The highest BCUT2D eigenvalue weighted by Gasteiger charge is 2.22. The van der Waals surface area contributed by atoms with Crippen LogP contribution in [-0.2, 0) is 16.6 Å². The molecule has 0 atom stereocenters. The summed E-state index contributed by atoms with van der Waals surface area (Å²) in [6, 6.07) is 5.16. The van der Waals surface area contributed by atoms with Crippen LogP contribution in [-0.4, -0.2) is 34.5 Å². The molecule has 0 spiro atoms. The molecular formula is C13H18F2N2O3S. The van der Waals surface area contributed by atoms with Crippen molar-refractivity contribution in [2.75, 3.05) is 13.7 Å². The number of rotatable bonds is 8. The summed E-state index contributed by atoms with van der Waals surface area (Å²) in [5, 5.41) is 3.30. The number of benzene rings is 1. The first kappa shape index (κ1) is 16.1. The second-order valence-electron chi connectivity index (χ2n) is 4.88. The quantitative estimate of drug-likeness (QED) is 0.761. The number of hydrogen-bond donors (Lipinski definition) is 2. The molecule has 0 saturated heterocycles. The van der Waals surface area contributed by atoms with Gasteiger partial charge < -0.3 is 10.1 Å². The highest BCUT2D eigenvalue weighted by molar-refractivity contribution is 7.89. The van der Waals surface area contributed by atoms with Crippen molar-refractivity contribution >= 4 is 10.0 Å². The van der Waals surface area contributed by atoms with Gasteiger partial charge in [0.2, 0.25) is 10.0 Å². The molecule has 2 N–H and O–H groups in total. The predicted molar refractivity (Wildman–Crippen MR) is 74.0 cm³/mol. The molecule has 0 heterocycles. The summed E-state index contributed by atoms with van der Waals surface area (Å²) in [6.07, 6.45) is -0.435. The normalized spacial score (nSPS) is 15.4. The zero-order valence-corrected chi connectivity index (χ0v) is 12.4. The summed E-state index contributed by atoms with van der Waals surface area (Å²) in [4.78, 5) is -0.138. The van der Waals surface area contributed by atoms with E-state index in [0.29, 0.717) is 12.6 Å². The Morgan fingerprint density at radius 2 is 2.10 bits per heavy atom. The lowest BCUT2D eigenvalue weighted by molar-refractivity contribution is 0.153. The summed E-state index contributed by atoms with van der Waals surface area (Å²) in [7, 11) is -2.66. The Bertz CT molecular complexity index is 589. The highest BCUT2D eigenvalue weighted by atomic mass is 32.2. The monoisotopic (exact) mass is 320 g/mol. The number of methoxy groups -OCH3 is 1. The zero-order chi connectivity index (χ0) is 15.5. The molecule has 21 heavy (non-hydrogen) atoms. The Kier molecular flexibility index (Phi) is 5.13. The van der Waals surface area contributed by atoms with E-state index in [9.17, 15) is 17.2 Å². The van der Waals surface area contributed by atoms with Crippen molar-refractivity contribution in [1.82, 2.24) is 10.0 Å². The Morgan fingerprint density at radius 1 is 1.38 bits per heavy atom. The first-order chi connectivity index (χ1) is 9.92. The van der Waals surface area contributed by atoms with E-state index in [0.717, 1.165) is 18.4 Å². The second-order valence-corrected chi connectivity index (χ2v) is 6.62. The molecule has 1 fully saturated rings. The van der Waals surface area contributed by atoms with E-state index in [1.54, 1.807) is 12.1 Å². The summed E-state index contributed by atoms with van der Waals surface area (Å²) < 4.78 is 55.1. The number of alkyl halides is 2. The molecule has 118 valence electrons. The molecule has 8 heteroatoms. The lowest BCUT2D eigenvalue weighted by Crippen LogP contribution is -2.29. The van der Waals surface area contributed by atoms with Crippen LogP contribution in [0.4, 0.5) is 8.78 Å². The van der Waals surface area contributed by atoms with E-state index in [4.69, 9.17) is 4.74 Å². The number of sulfonamides is 1. The zero-order valence-electron chi connectivity index (χ0n) is 11.6. The van der Waals surface area contributed by atoms with Crippen molar-refractivity contribution in [3.05, 3.63) is 23.8 Å². The predicted octanol–water partition coefficient (Wildman–Crippen LogP) is 1.49. The van der Waals surface area contributed by atoms with E-state index in [2.05, 4.69) is 5.32 Å². The summed E-state index contributed by atoms with van der Waals surface area (Å²) in [5.41, 5.74) is 0.881. The van der Waals surface area contributed by atoms with Gasteiger partial charge in [0.25, 0.3) is 6.43 Å². The van der Waals surface area contributed by atoms with Crippen LogP contribution >= 0.6 is 0 Å². The van der Waals surface area contributed by atoms with Gasteiger partial charge in [-0.05, 0) is 30.5 Å². The van der Waals surface area contributed by atoms with E-state index >= 15 is 0 Å². The van der Waals surface area contributed by atoms with Crippen LogP contribution in [0, 0.1) is 0 Å². The molecule has 1 aromatic rings. The SMILES string of the molecule is COc1cc(CNC2CC2)ccc1S(=O)(=O)NCC(F)F. The third-order valence-electron chi connectivity index (χ3n) is 3.12. The van der Waals surface area contributed by atoms with Gasteiger partial charge in [0, 0.05) is 12.6 Å². The van der Waals surface area contributed by atoms with Crippen molar-refractivity contribution in [2.45, 2.75) is 36.7 Å². The van der Waals surface area contributed by atoms with Crippen molar-refractivity contribution in [3.63, 3.8) is 0 Å². The molecule has 0 bridgehead atoms. The van der Waals surface area contributed by atoms with Crippen molar-refractivity contribution in [3.8, 4) is 5.75 Å². The maximum atomic E-state index is 12.1. The fourth-order valence-corrected chi connectivity index (χ4v) is 3.00. The minimum absolute atomic E-state index is 0.138. The third kappa shape index (κ3) is 4.62. The van der Waals surface area contributed by atoms with E-state index in [1.807, 2.05) is 4.72 Å². The van der Waals surface area contributed by atoms with Crippen molar-refractivity contribution < 1.29 is 21.9 Å². The van der Waals surface area contributed by atoms with Gasteiger partial charge in [0.15, 0.2) is 0 Å². The van der Waals surface area contributed by atoms with Crippen LogP contribution in [0.5, 0.6) is 5.75 Å². The molecule has 0 amide bonds. The van der Waals surface area contributed by atoms with Crippen LogP contribution in [0.25, 0.3) is 0 Å². The minimum atomic E-state index is -4.01. The molecule has 0 unspecified atom stereocenters. The maximum Gasteiger partial charge on any atom is 0.251 e. The molecule has 1 saturated carbocycles. The van der Waals surface area contributed by atoms with Gasteiger partial charge in [-0.15, -0.1) is 0 Å². The highest BCUT2D eigenvalue weighted by Crippen LogP contribution is 2.26. The van der Waals surface area contributed by atoms with Crippen molar-refractivity contribution in [1.29, 1.82) is 0 Å². The molecule has 1 aromatic carbocycles. The number of ether oxygens (including phenoxy) is 1. The first-order valence-electron chi connectivity index (χ1n) is 6.60. The fraction of sp³-hybridized carbons (Fsp3) is 0.538. The lowest BCUT2D eigenvalue weighted by atomic mass is 10.2. The number of hydrogen-bond acceptors (Lipinski definition) is 4. The maximum absolute atomic E-state index is 12.1. The van der Waals surface area contributed by atoms with Crippen LogP contribution in [0.1, 0.15) is 18.4 Å². The summed E-state index contributed by atoms with van der Waals surface area (Å²) >= 11 is 0. The Balaban J connectivity index is 2.14. The molecular weight excluding hydrogens is 302 g/mol. The fourth-order valence-electron chi connectivity index (χ4n) is 1.84. The molecule has 0 radical (unpaired) electrons. The third-order valence-corrected chi connectivity index (χ3v) is 4.58. The summed E-state index contributed by atoms with van der Waals surface area (Å²) in [5.74, 6) is 0.145. The Morgan fingerprint density at radius 3 is 2.67 bits per heavy atom. The van der Waals surface area contributed by atoms with Gasteiger partial charge in [-0.2, -0.15) is 0 Å². The van der Waals surface area contributed by atoms with Crippen LogP contribution < -0.4 is 14.8 Å². The van der Waals surface area contributed by atoms with Crippen LogP contribution in [0.15, 0.2) is 23.1 Å². The minimum Gasteiger partial charge on any atom is -0.495 e. The van der Waals surface area contributed by atoms with Gasteiger partial charge >= 0.3 is 0 Å². The molecule has 1 aliphatic carbocycles. The largest absolute Gasteiger partial charge is 0.495 e. The smallest absolute Gasteiger partial charge is 0.251 e. The van der Waals surface area contributed by atoms with E-state index in [1.165, 1.54) is 13.2 Å². The van der Waals surface area contributed by atoms with Gasteiger partial charge in [-0.1, -0.05) is 6.07 Å². The van der Waals surface area contributed by atoms with Gasteiger partial charge in [-0.25, -0.2) is 21.9 Å². The van der Waals surface area contributed by atoms with Gasteiger partial charge in [-0.3, -0.25) is 0 Å². The lowest BCUT2D eigenvalue weighted by Gasteiger charge is -2.12. The van der Waals surface area contributed by atoms with Gasteiger partial charge in [0.1, 0.15) is 10.6 Å². The number of nitrogens with one attached hydrogen (secondary N) is 2. The first-order valence-corrected chi connectivity index (χ1v) is 8.09. The number of halogens is 2. The molecule has 0 aliphatic heterocycles. The molecule has 0 aromatic heterocycles. The van der Waals surface area contributed by atoms with Gasteiger partial charge in [0.05, 0.1) is 13.7 Å². The molecule has 5 nitrogen and oxygen atoms in total. The molecule has 2 rings (SSSR count). The second kappa shape index (κ2) is 6.67. The Labute approximate surface area is 122 Å². The average molecular weight is 320 g/mol. The Hall–Kier alpha value is -1.25. The molecule has 1 aliphatic rings. The average Bonchev–Trinajstić information content (AvgIpc) is 3.27. The summed E-state index contributed by atoms with van der Waals surface area (Å²) in [6.45, 7) is -0.303. The van der Waals surface area contributed by atoms with Crippen LogP contribution in [0.3, 0.4) is 0 Å². The van der Waals surface area contributed by atoms with Crippen LogP contribution in [0.2, 0.25) is 0 Å².